The molecule has 5 nitrogen and oxygen atoms in total. The van der Waals surface area contributed by atoms with E-state index in [0.717, 1.165) is 26.8 Å². The summed E-state index contributed by atoms with van der Waals surface area (Å²) in [6, 6.07) is 5.84. The van der Waals surface area contributed by atoms with Crippen molar-refractivity contribution >= 4 is 33.9 Å². The summed E-state index contributed by atoms with van der Waals surface area (Å²) in [5, 5.41) is 13.2. The van der Waals surface area contributed by atoms with Crippen molar-refractivity contribution in [1.82, 2.24) is 14.9 Å². The molecule has 2 rings (SSSR count). The summed E-state index contributed by atoms with van der Waals surface area (Å²) in [5.74, 6) is 1.59. The van der Waals surface area contributed by atoms with E-state index in [1.807, 2.05) is 38.3 Å². The molecular formula is C13H15BrN4OS. The molecule has 1 aromatic heterocycles. The first-order valence-corrected chi connectivity index (χ1v) is 8.10. The first-order valence-electron chi connectivity index (χ1n) is 6.08. The van der Waals surface area contributed by atoms with Crippen molar-refractivity contribution in [1.29, 1.82) is 0 Å². The molecule has 0 spiro atoms. The molecule has 0 radical (unpaired) electrons. The molecule has 1 aromatic carbocycles. The highest BCUT2D eigenvalue weighted by atomic mass is 79.9. The maximum atomic E-state index is 5.48. The number of aromatic nitrogens is 3. The van der Waals surface area contributed by atoms with Crippen LogP contribution in [0.3, 0.4) is 0 Å². The largest absolute Gasteiger partial charge is 0.493 e. The number of aryl methyl sites for hydroxylation is 1. The third-order valence-electron chi connectivity index (χ3n) is 2.53. The van der Waals surface area contributed by atoms with Crippen LogP contribution in [0.5, 0.6) is 5.75 Å². The number of hydrogen-bond acceptors (Lipinski definition) is 5. The van der Waals surface area contributed by atoms with Crippen LogP contribution in [0, 0.1) is 6.92 Å². The first-order chi connectivity index (χ1) is 9.65. The SMILES string of the molecule is CCOc1ccc(/C=N\n2c(C)nnc2SC)cc1Br. The van der Waals surface area contributed by atoms with Crippen LogP contribution in [0.1, 0.15) is 18.3 Å². The molecule has 106 valence electrons. The summed E-state index contributed by atoms with van der Waals surface area (Å²) in [5.41, 5.74) is 0.973. The molecule has 0 N–H and O–H groups in total. The lowest BCUT2D eigenvalue weighted by Gasteiger charge is -2.06. The van der Waals surface area contributed by atoms with Crippen LogP contribution in [0.25, 0.3) is 0 Å². The molecule has 0 saturated heterocycles. The van der Waals surface area contributed by atoms with E-state index in [9.17, 15) is 0 Å². The van der Waals surface area contributed by atoms with Gasteiger partial charge in [-0.05, 0) is 59.8 Å². The fraction of sp³-hybridized carbons (Fsp3) is 0.308. The predicted molar refractivity (Wildman–Crippen MR) is 84.8 cm³/mol. The van der Waals surface area contributed by atoms with Crippen molar-refractivity contribution in [3.8, 4) is 5.75 Å². The van der Waals surface area contributed by atoms with Crippen molar-refractivity contribution in [3.63, 3.8) is 0 Å². The zero-order chi connectivity index (χ0) is 14.5. The topological polar surface area (TPSA) is 52.3 Å². The van der Waals surface area contributed by atoms with Crippen LogP contribution < -0.4 is 4.74 Å². The van der Waals surface area contributed by atoms with Crippen LogP contribution >= 0.6 is 27.7 Å². The van der Waals surface area contributed by atoms with Gasteiger partial charge in [0.1, 0.15) is 5.75 Å². The third kappa shape index (κ3) is 3.40. The Balaban J connectivity index is 2.23. The number of hydrogen-bond donors (Lipinski definition) is 0. The van der Waals surface area contributed by atoms with Gasteiger partial charge in [-0.1, -0.05) is 11.8 Å². The Bertz CT molecular complexity index is 627. The van der Waals surface area contributed by atoms with Gasteiger partial charge >= 0.3 is 0 Å². The smallest absolute Gasteiger partial charge is 0.211 e. The van der Waals surface area contributed by atoms with Crippen LogP contribution in [-0.2, 0) is 0 Å². The fourth-order valence-corrected chi connectivity index (χ4v) is 2.58. The molecule has 0 saturated carbocycles. The molecule has 1 heterocycles. The van der Waals surface area contributed by atoms with Gasteiger partial charge in [0, 0.05) is 0 Å². The van der Waals surface area contributed by atoms with Crippen LogP contribution in [-0.4, -0.2) is 34.0 Å². The summed E-state index contributed by atoms with van der Waals surface area (Å²) < 4.78 is 8.11. The van der Waals surface area contributed by atoms with E-state index >= 15 is 0 Å². The van der Waals surface area contributed by atoms with E-state index in [-0.39, 0.29) is 0 Å². The van der Waals surface area contributed by atoms with Crippen molar-refractivity contribution in [2.75, 3.05) is 12.9 Å². The fourth-order valence-electron chi connectivity index (χ4n) is 1.59. The number of benzene rings is 1. The first kappa shape index (κ1) is 15.1. The average molecular weight is 355 g/mol. The van der Waals surface area contributed by atoms with Crippen molar-refractivity contribution < 1.29 is 4.74 Å². The minimum Gasteiger partial charge on any atom is -0.493 e. The third-order valence-corrected chi connectivity index (χ3v) is 3.77. The van der Waals surface area contributed by atoms with Gasteiger partial charge in [0.05, 0.1) is 17.3 Å². The van der Waals surface area contributed by atoms with Gasteiger partial charge in [-0.25, -0.2) is 0 Å². The summed E-state index contributed by atoms with van der Waals surface area (Å²) in [6.45, 7) is 4.47. The summed E-state index contributed by atoms with van der Waals surface area (Å²) in [4.78, 5) is 0. The molecule has 0 bridgehead atoms. The zero-order valence-corrected chi connectivity index (χ0v) is 13.9. The van der Waals surface area contributed by atoms with E-state index in [4.69, 9.17) is 4.74 Å². The van der Waals surface area contributed by atoms with Crippen molar-refractivity contribution in [3.05, 3.63) is 34.1 Å². The molecule has 7 heteroatoms. The number of rotatable bonds is 5. The van der Waals surface area contributed by atoms with Crippen molar-refractivity contribution in [2.45, 2.75) is 19.0 Å². The van der Waals surface area contributed by atoms with E-state index < -0.39 is 0 Å². The molecular weight excluding hydrogens is 340 g/mol. The second-order valence-corrected chi connectivity index (χ2v) is 5.54. The number of halogens is 1. The summed E-state index contributed by atoms with van der Waals surface area (Å²) in [6.07, 6.45) is 3.72. The molecule has 0 aliphatic carbocycles. The predicted octanol–water partition coefficient (Wildman–Crippen LogP) is 3.35. The second kappa shape index (κ2) is 6.90. The Labute approximate surface area is 130 Å². The Morgan fingerprint density at radius 3 is 2.90 bits per heavy atom. The average Bonchev–Trinajstić information content (AvgIpc) is 2.80. The maximum Gasteiger partial charge on any atom is 0.211 e. The maximum absolute atomic E-state index is 5.48. The number of nitrogens with zero attached hydrogens (tertiary/aromatic N) is 4. The molecule has 0 unspecified atom stereocenters. The molecule has 2 aromatic rings. The van der Waals surface area contributed by atoms with Gasteiger partial charge in [-0.3, -0.25) is 0 Å². The molecule has 0 aliphatic heterocycles. The standard InChI is InChI=1S/C13H15BrN4OS/c1-4-19-12-6-5-10(7-11(12)14)8-15-18-9(2)16-17-13(18)20-3/h5-8H,4H2,1-3H3/b15-8-. The van der Waals surface area contributed by atoms with E-state index in [1.54, 1.807) is 10.9 Å². The van der Waals surface area contributed by atoms with Gasteiger partial charge in [0.25, 0.3) is 0 Å². The van der Waals surface area contributed by atoms with Crippen LogP contribution in [0.15, 0.2) is 32.9 Å². The van der Waals surface area contributed by atoms with Crippen LogP contribution in [0.4, 0.5) is 0 Å². The van der Waals surface area contributed by atoms with Gasteiger partial charge < -0.3 is 4.74 Å². The minimum absolute atomic E-state index is 0.642. The zero-order valence-electron chi connectivity index (χ0n) is 11.5. The van der Waals surface area contributed by atoms with Gasteiger partial charge in [-0.15, -0.1) is 10.2 Å². The molecule has 0 fully saturated rings. The molecule has 20 heavy (non-hydrogen) atoms. The normalized spacial score (nSPS) is 11.2. The van der Waals surface area contributed by atoms with Gasteiger partial charge in [0.15, 0.2) is 5.82 Å². The molecule has 0 amide bonds. The second-order valence-electron chi connectivity index (χ2n) is 3.91. The Kier molecular flexibility index (Phi) is 5.19. The lowest BCUT2D eigenvalue weighted by Crippen LogP contribution is -1.96. The summed E-state index contributed by atoms with van der Waals surface area (Å²) in [7, 11) is 0. The minimum atomic E-state index is 0.642. The van der Waals surface area contributed by atoms with Gasteiger partial charge in [0.2, 0.25) is 5.16 Å². The highest BCUT2D eigenvalue weighted by molar-refractivity contribution is 9.10. The Morgan fingerprint density at radius 2 is 2.25 bits per heavy atom. The molecule has 0 atom stereocenters. The highest BCUT2D eigenvalue weighted by Crippen LogP contribution is 2.25. The Morgan fingerprint density at radius 1 is 1.45 bits per heavy atom. The summed E-state index contributed by atoms with van der Waals surface area (Å²) >= 11 is 5.00. The Hall–Kier alpha value is -1.34. The lowest BCUT2D eigenvalue weighted by molar-refractivity contribution is 0.338. The van der Waals surface area contributed by atoms with E-state index in [2.05, 4.69) is 31.2 Å². The van der Waals surface area contributed by atoms with E-state index in [1.165, 1.54) is 11.8 Å². The monoisotopic (exact) mass is 354 g/mol. The van der Waals surface area contributed by atoms with Crippen molar-refractivity contribution in [2.24, 2.45) is 5.10 Å². The van der Waals surface area contributed by atoms with Crippen LogP contribution in [0.2, 0.25) is 0 Å². The highest BCUT2D eigenvalue weighted by Gasteiger charge is 2.06. The molecule has 0 aliphatic rings. The number of ether oxygens (including phenoxy) is 1. The van der Waals surface area contributed by atoms with Gasteiger partial charge in [-0.2, -0.15) is 9.78 Å². The number of thioether (sulfide) groups is 1. The quantitative estimate of drug-likeness (QED) is 0.610. The van der Waals surface area contributed by atoms with E-state index in [0.29, 0.717) is 6.61 Å². The lowest BCUT2D eigenvalue weighted by atomic mass is 10.2.